The molecule has 0 unspecified atom stereocenters. The van der Waals surface area contributed by atoms with Crippen molar-refractivity contribution in [2.75, 3.05) is 6.54 Å². The lowest BCUT2D eigenvalue weighted by Crippen LogP contribution is -2.42. The molecule has 7 heteroatoms. The summed E-state index contributed by atoms with van der Waals surface area (Å²) in [5.74, 6) is -2.42. The molecule has 1 aliphatic rings. The van der Waals surface area contributed by atoms with Crippen molar-refractivity contribution in [2.45, 2.75) is 19.5 Å². The van der Waals surface area contributed by atoms with Crippen LogP contribution in [0.5, 0.6) is 0 Å². The fraction of sp³-hybridized carbons (Fsp3) is 0.200. The number of carbonyl (C=O) groups excluding carboxylic acids is 4. The molecule has 3 rings (SSSR count). The maximum atomic E-state index is 12.5. The third-order valence-electron chi connectivity index (χ3n) is 4.30. The first-order valence-electron chi connectivity index (χ1n) is 8.53. The molecule has 2 aromatic carbocycles. The molecule has 7 nitrogen and oxygen atoms in total. The van der Waals surface area contributed by atoms with Gasteiger partial charge in [0, 0.05) is 0 Å². The van der Waals surface area contributed by atoms with E-state index < -0.39 is 30.3 Å². The van der Waals surface area contributed by atoms with Crippen LogP contribution in [0.1, 0.15) is 24.1 Å². The van der Waals surface area contributed by atoms with Gasteiger partial charge in [-0.15, -0.1) is 0 Å². The molecule has 0 spiro atoms. The van der Waals surface area contributed by atoms with Gasteiger partial charge in [-0.2, -0.15) is 0 Å². The zero-order valence-corrected chi connectivity index (χ0v) is 14.8. The van der Waals surface area contributed by atoms with Crippen LogP contribution < -0.4 is 5.32 Å². The largest absolute Gasteiger partial charge is 0.348 e. The van der Waals surface area contributed by atoms with E-state index >= 15 is 0 Å². The molecule has 0 saturated carbocycles. The summed E-state index contributed by atoms with van der Waals surface area (Å²) in [7, 11) is 0. The molecule has 0 radical (unpaired) electrons. The monoisotopic (exact) mass is 365 g/mol. The molecular weight excluding hydrogens is 346 g/mol. The Labute approximate surface area is 156 Å². The number of hydrogen-bond acceptors (Lipinski definition) is 4. The smallest absolute Gasteiger partial charge is 0.335 e. The van der Waals surface area contributed by atoms with Gasteiger partial charge in [0.15, 0.2) is 0 Å². The molecule has 138 valence electrons. The van der Waals surface area contributed by atoms with Gasteiger partial charge in [0.2, 0.25) is 5.91 Å². The highest BCUT2D eigenvalue weighted by atomic mass is 16.2. The highest BCUT2D eigenvalue weighted by Crippen LogP contribution is 2.16. The van der Waals surface area contributed by atoms with Crippen LogP contribution in [0.25, 0.3) is 0 Å². The predicted molar refractivity (Wildman–Crippen MR) is 97.1 cm³/mol. The lowest BCUT2D eigenvalue weighted by atomic mass is 10.1. The molecule has 0 bridgehead atoms. The predicted octanol–water partition coefficient (Wildman–Crippen LogP) is 1.85. The summed E-state index contributed by atoms with van der Waals surface area (Å²) in [6, 6.07) is 17.1. The number of benzene rings is 2. The van der Waals surface area contributed by atoms with E-state index in [-0.39, 0.29) is 12.6 Å². The summed E-state index contributed by atoms with van der Waals surface area (Å²) in [6.07, 6.45) is 0. The highest BCUT2D eigenvalue weighted by molar-refractivity contribution is 6.44. The number of carbonyl (C=O) groups is 4. The SMILES string of the molecule is C[C@H](NC(=O)CN1C(=O)C(=O)N(Cc2ccccc2)C1=O)c1ccccc1. The first kappa shape index (κ1) is 18.3. The molecule has 1 aliphatic heterocycles. The van der Waals surface area contributed by atoms with Crippen molar-refractivity contribution in [1.82, 2.24) is 15.1 Å². The van der Waals surface area contributed by atoms with Crippen molar-refractivity contribution >= 4 is 23.8 Å². The van der Waals surface area contributed by atoms with E-state index in [1.165, 1.54) is 0 Å². The standard InChI is InChI=1S/C20H19N3O4/c1-14(16-10-6-3-7-11-16)21-17(24)13-23-19(26)18(25)22(20(23)27)12-15-8-4-2-5-9-15/h2-11,14H,12-13H2,1H3,(H,21,24)/t14-/m0/s1. The van der Waals surface area contributed by atoms with E-state index in [0.29, 0.717) is 4.90 Å². The van der Waals surface area contributed by atoms with Gasteiger partial charge in [0.1, 0.15) is 6.54 Å². The molecule has 27 heavy (non-hydrogen) atoms. The van der Waals surface area contributed by atoms with Crippen LogP contribution in [0.3, 0.4) is 0 Å². The molecule has 5 amide bonds. The average molecular weight is 365 g/mol. The molecule has 0 aliphatic carbocycles. The van der Waals surface area contributed by atoms with Crippen molar-refractivity contribution in [3.8, 4) is 0 Å². The first-order chi connectivity index (χ1) is 13.0. The van der Waals surface area contributed by atoms with Crippen LogP contribution in [-0.2, 0) is 20.9 Å². The normalized spacial score (nSPS) is 15.2. The number of rotatable bonds is 6. The van der Waals surface area contributed by atoms with Crippen LogP contribution in [-0.4, -0.2) is 40.1 Å². The average Bonchev–Trinajstić information content (AvgIpc) is 2.87. The first-order valence-corrected chi connectivity index (χ1v) is 8.53. The molecule has 1 heterocycles. The van der Waals surface area contributed by atoms with Crippen molar-refractivity contribution < 1.29 is 19.2 Å². The van der Waals surface area contributed by atoms with Crippen molar-refractivity contribution in [1.29, 1.82) is 0 Å². The molecule has 1 N–H and O–H groups in total. The number of urea groups is 1. The van der Waals surface area contributed by atoms with Gasteiger partial charge in [-0.05, 0) is 18.1 Å². The fourth-order valence-corrected chi connectivity index (χ4v) is 2.85. The quantitative estimate of drug-likeness (QED) is 0.625. The van der Waals surface area contributed by atoms with Crippen LogP contribution in [0.15, 0.2) is 60.7 Å². The molecule has 1 fully saturated rings. The number of hydrogen-bond donors (Lipinski definition) is 1. The van der Waals surface area contributed by atoms with Gasteiger partial charge < -0.3 is 5.32 Å². The molecular formula is C20H19N3O4. The van der Waals surface area contributed by atoms with Crippen molar-refractivity contribution in [3.05, 3.63) is 71.8 Å². The van der Waals surface area contributed by atoms with Crippen molar-refractivity contribution in [2.24, 2.45) is 0 Å². The third-order valence-corrected chi connectivity index (χ3v) is 4.30. The Hall–Kier alpha value is -3.48. The molecule has 1 atom stereocenters. The fourth-order valence-electron chi connectivity index (χ4n) is 2.85. The number of nitrogens with one attached hydrogen (secondary N) is 1. The van der Waals surface area contributed by atoms with Gasteiger partial charge in [-0.25, -0.2) is 9.69 Å². The summed E-state index contributed by atoms with van der Waals surface area (Å²) >= 11 is 0. The summed E-state index contributed by atoms with van der Waals surface area (Å²) in [5.41, 5.74) is 1.61. The van der Waals surface area contributed by atoms with Gasteiger partial charge in [-0.1, -0.05) is 60.7 Å². The van der Waals surface area contributed by atoms with Crippen LogP contribution in [0, 0.1) is 0 Å². The van der Waals surface area contributed by atoms with Gasteiger partial charge >= 0.3 is 17.8 Å². The Morgan fingerprint density at radius 3 is 2.07 bits per heavy atom. The second-order valence-corrected chi connectivity index (χ2v) is 6.25. The minimum atomic E-state index is -0.988. The zero-order chi connectivity index (χ0) is 19.4. The van der Waals surface area contributed by atoms with Gasteiger partial charge in [0.05, 0.1) is 12.6 Å². The molecule has 0 aromatic heterocycles. The Kier molecular flexibility index (Phi) is 5.30. The minimum Gasteiger partial charge on any atom is -0.348 e. The zero-order valence-electron chi connectivity index (χ0n) is 14.8. The van der Waals surface area contributed by atoms with Crippen LogP contribution in [0.2, 0.25) is 0 Å². The number of amides is 5. The maximum absolute atomic E-state index is 12.5. The Bertz CT molecular complexity index is 867. The lowest BCUT2D eigenvalue weighted by Gasteiger charge is -2.18. The molecule has 2 aromatic rings. The maximum Gasteiger partial charge on any atom is 0.335 e. The van der Waals surface area contributed by atoms with Crippen LogP contribution >= 0.6 is 0 Å². The summed E-state index contributed by atoms with van der Waals surface area (Å²) in [4.78, 5) is 50.5. The summed E-state index contributed by atoms with van der Waals surface area (Å²) < 4.78 is 0. The van der Waals surface area contributed by atoms with E-state index in [4.69, 9.17) is 0 Å². The Morgan fingerprint density at radius 2 is 1.44 bits per heavy atom. The molecule has 1 saturated heterocycles. The van der Waals surface area contributed by atoms with E-state index in [9.17, 15) is 19.2 Å². The number of nitrogens with zero attached hydrogens (tertiary/aromatic N) is 2. The minimum absolute atomic E-state index is 0.0111. The van der Waals surface area contributed by atoms with Gasteiger partial charge in [0.25, 0.3) is 0 Å². The lowest BCUT2D eigenvalue weighted by molar-refractivity contribution is -0.144. The van der Waals surface area contributed by atoms with E-state index in [2.05, 4.69) is 5.32 Å². The highest BCUT2D eigenvalue weighted by Gasteiger charge is 2.45. The summed E-state index contributed by atoms with van der Waals surface area (Å²) in [5, 5.41) is 2.73. The van der Waals surface area contributed by atoms with E-state index in [0.717, 1.165) is 16.0 Å². The summed E-state index contributed by atoms with van der Waals surface area (Å²) in [6.45, 7) is 1.29. The van der Waals surface area contributed by atoms with Gasteiger partial charge in [-0.3, -0.25) is 19.3 Å². The van der Waals surface area contributed by atoms with Crippen molar-refractivity contribution in [3.63, 3.8) is 0 Å². The van der Waals surface area contributed by atoms with E-state index in [1.54, 1.807) is 31.2 Å². The Morgan fingerprint density at radius 1 is 0.889 bits per heavy atom. The van der Waals surface area contributed by atoms with Crippen LogP contribution in [0.4, 0.5) is 4.79 Å². The second kappa shape index (κ2) is 7.82. The second-order valence-electron chi connectivity index (χ2n) is 6.25. The third kappa shape index (κ3) is 4.03. The Balaban J connectivity index is 1.64. The number of imide groups is 2. The van der Waals surface area contributed by atoms with E-state index in [1.807, 2.05) is 36.4 Å². The topological polar surface area (TPSA) is 86.8 Å².